The van der Waals surface area contributed by atoms with Crippen molar-refractivity contribution >= 4 is 5.82 Å². The second kappa shape index (κ2) is 4.09. The Kier molecular flexibility index (Phi) is 2.63. The number of nitrogens with zero attached hydrogens (tertiary/aromatic N) is 1. The molecule has 0 bridgehead atoms. The molecule has 2 rings (SSSR count). The first-order valence-electron chi connectivity index (χ1n) is 4.70. The Hall–Kier alpha value is -1.90. The summed E-state index contributed by atoms with van der Waals surface area (Å²) < 4.78 is 12.8. The van der Waals surface area contributed by atoms with E-state index in [1.807, 2.05) is 19.2 Å². The minimum atomic E-state index is -0.228. The van der Waals surface area contributed by atoms with E-state index in [0.29, 0.717) is 0 Å². The van der Waals surface area contributed by atoms with Gasteiger partial charge in [-0.25, -0.2) is 9.37 Å². The molecule has 0 saturated carbocycles. The molecule has 0 amide bonds. The first kappa shape index (κ1) is 9.65. The lowest BCUT2D eigenvalue weighted by atomic mass is 10.1. The Bertz CT molecular complexity index is 451. The number of anilines is 1. The van der Waals surface area contributed by atoms with Crippen LogP contribution in [-0.2, 0) is 0 Å². The Balaban J connectivity index is 2.49. The van der Waals surface area contributed by atoms with Crippen molar-refractivity contribution in [2.75, 3.05) is 12.4 Å². The second-order valence-electron chi connectivity index (χ2n) is 3.16. The van der Waals surface area contributed by atoms with Gasteiger partial charge in [-0.05, 0) is 29.8 Å². The molecule has 0 saturated heterocycles. The number of pyridine rings is 1. The summed E-state index contributed by atoms with van der Waals surface area (Å²) in [7, 11) is 1.81. The van der Waals surface area contributed by atoms with E-state index >= 15 is 0 Å². The first-order valence-corrected chi connectivity index (χ1v) is 4.70. The summed E-state index contributed by atoms with van der Waals surface area (Å²) in [5.41, 5.74) is 1.92. The highest BCUT2D eigenvalue weighted by Crippen LogP contribution is 2.25. The van der Waals surface area contributed by atoms with E-state index in [2.05, 4.69) is 10.3 Å². The summed E-state index contributed by atoms with van der Waals surface area (Å²) >= 11 is 0. The lowest BCUT2D eigenvalue weighted by Crippen LogP contribution is -1.94. The zero-order chi connectivity index (χ0) is 10.7. The van der Waals surface area contributed by atoms with Gasteiger partial charge < -0.3 is 5.32 Å². The molecule has 0 fully saturated rings. The molecular weight excluding hydrogens is 191 g/mol. The summed E-state index contributed by atoms with van der Waals surface area (Å²) in [6.07, 6.45) is 1.72. The molecule has 0 aliphatic carbocycles. The maximum absolute atomic E-state index is 12.8. The number of nitrogens with one attached hydrogen (secondary N) is 1. The highest BCUT2D eigenvalue weighted by Gasteiger charge is 2.03. The van der Waals surface area contributed by atoms with Crippen LogP contribution >= 0.6 is 0 Å². The van der Waals surface area contributed by atoms with Crippen LogP contribution in [0.15, 0.2) is 42.6 Å². The molecule has 1 heterocycles. The zero-order valence-electron chi connectivity index (χ0n) is 8.37. The van der Waals surface area contributed by atoms with Gasteiger partial charge in [0.2, 0.25) is 0 Å². The van der Waals surface area contributed by atoms with Gasteiger partial charge in [-0.15, -0.1) is 0 Å². The molecule has 15 heavy (non-hydrogen) atoms. The van der Waals surface area contributed by atoms with Crippen LogP contribution in [0.1, 0.15) is 0 Å². The zero-order valence-corrected chi connectivity index (χ0v) is 8.37. The average Bonchev–Trinajstić information content (AvgIpc) is 2.30. The fourth-order valence-electron chi connectivity index (χ4n) is 1.47. The molecule has 0 atom stereocenters. The van der Waals surface area contributed by atoms with Gasteiger partial charge in [0.25, 0.3) is 0 Å². The van der Waals surface area contributed by atoms with Crippen LogP contribution in [-0.4, -0.2) is 12.0 Å². The molecule has 3 heteroatoms. The third-order valence-electron chi connectivity index (χ3n) is 2.20. The van der Waals surface area contributed by atoms with Crippen LogP contribution in [0.4, 0.5) is 10.2 Å². The number of halogens is 1. The summed E-state index contributed by atoms with van der Waals surface area (Å²) in [5.74, 6) is 0.567. The van der Waals surface area contributed by atoms with Gasteiger partial charge in [0.1, 0.15) is 11.6 Å². The van der Waals surface area contributed by atoms with Gasteiger partial charge in [-0.3, -0.25) is 0 Å². The van der Waals surface area contributed by atoms with E-state index in [0.717, 1.165) is 16.9 Å². The molecule has 0 radical (unpaired) electrons. The van der Waals surface area contributed by atoms with Crippen molar-refractivity contribution < 1.29 is 4.39 Å². The molecule has 0 aliphatic rings. The minimum absolute atomic E-state index is 0.228. The molecule has 0 unspecified atom stereocenters. The topological polar surface area (TPSA) is 24.9 Å². The van der Waals surface area contributed by atoms with Crippen LogP contribution in [0.3, 0.4) is 0 Å². The van der Waals surface area contributed by atoms with Crippen molar-refractivity contribution in [1.82, 2.24) is 4.98 Å². The monoisotopic (exact) mass is 202 g/mol. The van der Waals surface area contributed by atoms with Gasteiger partial charge >= 0.3 is 0 Å². The molecule has 0 aliphatic heterocycles. The molecule has 0 spiro atoms. The van der Waals surface area contributed by atoms with Crippen molar-refractivity contribution in [3.05, 3.63) is 48.4 Å². The van der Waals surface area contributed by atoms with Crippen LogP contribution in [0, 0.1) is 5.82 Å². The number of hydrogen-bond donors (Lipinski definition) is 1. The SMILES string of the molecule is CNc1ncccc1-c1ccc(F)cc1. The minimum Gasteiger partial charge on any atom is -0.373 e. The quantitative estimate of drug-likeness (QED) is 0.809. The number of rotatable bonds is 2. The highest BCUT2D eigenvalue weighted by atomic mass is 19.1. The Morgan fingerprint density at radius 3 is 2.53 bits per heavy atom. The van der Waals surface area contributed by atoms with Crippen LogP contribution < -0.4 is 5.32 Å². The predicted octanol–water partition coefficient (Wildman–Crippen LogP) is 2.93. The number of hydrogen-bond acceptors (Lipinski definition) is 2. The lowest BCUT2D eigenvalue weighted by Gasteiger charge is -2.07. The predicted molar refractivity (Wildman–Crippen MR) is 59.2 cm³/mol. The standard InChI is InChI=1S/C12H11FN2/c1-14-12-11(3-2-8-15-12)9-4-6-10(13)7-5-9/h2-8H,1H3,(H,14,15). The molecule has 2 nitrogen and oxygen atoms in total. The van der Waals surface area contributed by atoms with Crippen LogP contribution in [0.5, 0.6) is 0 Å². The first-order chi connectivity index (χ1) is 7.31. The van der Waals surface area contributed by atoms with Crippen LogP contribution in [0.25, 0.3) is 11.1 Å². The van der Waals surface area contributed by atoms with E-state index < -0.39 is 0 Å². The van der Waals surface area contributed by atoms with Gasteiger partial charge in [0, 0.05) is 18.8 Å². The molecule has 2 aromatic rings. The highest BCUT2D eigenvalue weighted by molar-refractivity contribution is 5.74. The Labute approximate surface area is 87.8 Å². The fraction of sp³-hybridized carbons (Fsp3) is 0.0833. The smallest absolute Gasteiger partial charge is 0.133 e. The van der Waals surface area contributed by atoms with Gasteiger partial charge in [0.15, 0.2) is 0 Å². The molecule has 1 N–H and O–H groups in total. The van der Waals surface area contributed by atoms with E-state index in [9.17, 15) is 4.39 Å². The van der Waals surface area contributed by atoms with E-state index in [1.165, 1.54) is 12.1 Å². The van der Waals surface area contributed by atoms with Gasteiger partial charge in [0.05, 0.1) is 0 Å². The van der Waals surface area contributed by atoms with Crippen molar-refractivity contribution in [3.8, 4) is 11.1 Å². The maximum atomic E-state index is 12.8. The largest absolute Gasteiger partial charge is 0.373 e. The third kappa shape index (κ3) is 1.96. The normalized spacial score (nSPS) is 10.0. The van der Waals surface area contributed by atoms with E-state index in [4.69, 9.17) is 0 Å². The van der Waals surface area contributed by atoms with Gasteiger partial charge in [-0.1, -0.05) is 12.1 Å². The summed E-state index contributed by atoms with van der Waals surface area (Å²) in [6.45, 7) is 0. The van der Waals surface area contributed by atoms with Crippen molar-refractivity contribution in [2.24, 2.45) is 0 Å². The molecule has 76 valence electrons. The molecule has 1 aromatic heterocycles. The van der Waals surface area contributed by atoms with E-state index in [1.54, 1.807) is 18.3 Å². The third-order valence-corrected chi connectivity index (χ3v) is 2.20. The Morgan fingerprint density at radius 2 is 1.87 bits per heavy atom. The van der Waals surface area contributed by atoms with Crippen molar-refractivity contribution in [2.45, 2.75) is 0 Å². The summed E-state index contributed by atoms with van der Waals surface area (Å²) in [4.78, 5) is 4.19. The summed E-state index contributed by atoms with van der Waals surface area (Å²) in [5, 5.41) is 3.00. The molecule has 1 aromatic carbocycles. The van der Waals surface area contributed by atoms with Crippen molar-refractivity contribution in [1.29, 1.82) is 0 Å². The maximum Gasteiger partial charge on any atom is 0.133 e. The van der Waals surface area contributed by atoms with Gasteiger partial charge in [-0.2, -0.15) is 0 Å². The Morgan fingerprint density at radius 1 is 1.13 bits per heavy atom. The van der Waals surface area contributed by atoms with Crippen LogP contribution in [0.2, 0.25) is 0 Å². The second-order valence-corrected chi connectivity index (χ2v) is 3.16. The van der Waals surface area contributed by atoms with Crippen molar-refractivity contribution in [3.63, 3.8) is 0 Å². The average molecular weight is 202 g/mol. The lowest BCUT2D eigenvalue weighted by molar-refractivity contribution is 0.628. The van der Waals surface area contributed by atoms with E-state index in [-0.39, 0.29) is 5.82 Å². The summed E-state index contributed by atoms with van der Waals surface area (Å²) in [6, 6.07) is 10.2. The molecular formula is C12H11FN2. The number of benzene rings is 1. The fourth-order valence-corrected chi connectivity index (χ4v) is 1.47. The number of aromatic nitrogens is 1.